The first-order chi connectivity index (χ1) is 9.83. The Kier molecular flexibility index (Phi) is 5.08. The Bertz CT molecular complexity index is 759. The van der Waals surface area contributed by atoms with Gasteiger partial charge in [0.1, 0.15) is 0 Å². The number of nitrogens with one attached hydrogen (secondary N) is 1. The number of rotatable bonds is 4. The molecule has 4 nitrogen and oxygen atoms in total. The Morgan fingerprint density at radius 2 is 1.76 bits per heavy atom. The van der Waals surface area contributed by atoms with E-state index in [9.17, 15) is 13.5 Å². The Labute approximate surface area is 140 Å². The molecule has 0 bridgehead atoms. The highest BCUT2D eigenvalue weighted by atomic mass is 79.9. The summed E-state index contributed by atoms with van der Waals surface area (Å²) in [5.74, 6) is 0. The zero-order valence-corrected chi connectivity index (χ0v) is 15.1. The van der Waals surface area contributed by atoms with E-state index in [0.717, 1.165) is 4.47 Å². The minimum Gasteiger partial charge on any atom is -0.392 e. The van der Waals surface area contributed by atoms with Crippen LogP contribution in [0.1, 0.15) is 11.1 Å². The molecule has 0 aliphatic rings. The molecule has 2 aromatic rings. The summed E-state index contributed by atoms with van der Waals surface area (Å²) in [5.41, 5.74) is 1.60. The minimum absolute atomic E-state index is 0.142. The van der Waals surface area contributed by atoms with Crippen LogP contribution < -0.4 is 4.72 Å². The van der Waals surface area contributed by atoms with Crippen LogP contribution in [-0.4, -0.2) is 13.5 Å². The summed E-state index contributed by atoms with van der Waals surface area (Å²) < 4.78 is 29.0. The van der Waals surface area contributed by atoms with Gasteiger partial charge in [0.2, 0.25) is 0 Å². The van der Waals surface area contributed by atoms with E-state index in [1.54, 1.807) is 37.3 Å². The maximum Gasteiger partial charge on any atom is 0.262 e. The van der Waals surface area contributed by atoms with Crippen LogP contribution >= 0.6 is 31.9 Å². The van der Waals surface area contributed by atoms with Gasteiger partial charge in [-0.1, -0.05) is 31.9 Å². The number of aliphatic hydroxyl groups excluding tert-OH is 1. The molecule has 0 radical (unpaired) electrons. The number of aliphatic hydroxyl groups is 1. The standard InChI is InChI=1S/C14H13Br2NO3S/c1-9-13(16)6-10(8-18)7-14(9)21(19,20)17-12-4-2-11(15)3-5-12/h2-7,17-18H,8H2,1H3. The molecule has 2 N–H and O–H groups in total. The Morgan fingerprint density at radius 1 is 1.14 bits per heavy atom. The van der Waals surface area contributed by atoms with E-state index in [1.807, 2.05) is 0 Å². The van der Waals surface area contributed by atoms with E-state index in [-0.39, 0.29) is 11.5 Å². The molecule has 0 aliphatic carbocycles. The Hall–Kier alpha value is -0.890. The number of hydrogen-bond acceptors (Lipinski definition) is 3. The van der Waals surface area contributed by atoms with Crippen LogP contribution in [0.3, 0.4) is 0 Å². The third-order valence-corrected chi connectivity index (χ3v) is 5.78. The van der Waals surface area contributed by atoms with Gasteiger partial charge in [0.05, 0.1) is 11.5 Å². The third-order valence-electron chi connectivity index (χ3n) is 2.92. The maximum atomic E-state index is 12.5. The molecule has 0 amide bonds. The van der Waals surface area contributed by atoms with Gasteiger partial charge in [0.15, 0.2) is 0 Å². The van der Waals surface area contributed by atoms with Crippen LogP contribution in [0.25, 0.3) is 0 Å². The molecule has 0 aliphatic heterocycles. The zero-order chi connectivity index (χ0) is 15.6. The van der Waals surface area contributed by atoms with E-state index in [2.05, 4.69) is 36.6 Å². The van der Waals surface area contributed by atoms with Gasteiger partial charge in [0.25, 0.3) is 10.0 Å². The third kappa shape index (κ3) is 3.85. The van der Waals surface area contributed by atoms with Gasteiger partial charge in [-0.05, 0) is 54.4 Å². The summed E-state index contributed by atoms with van der Waals surface area (Å²) in [7, 11) is -3.72. The fourth-order valence-corrected chi connectivity index (χ4v) is 4.08. The number of benzene rings is 2. The molecule has 0 aromatic heterocycles. The van der Waals surface area contributed by atoms with Gasteiger partial charge < -0.3 is 5.11 Å². The van der Waals surface area contributed by atoms with Gasteiger partial charge >= 0.3 is 0 Å². The van der Waals surface area contributed by atoms with Crippen LogP contribution in [-0.2, 0) is 16.6 Å². The molecule has 0 spiro atoms. The lowest BCUT2D eigenvalue weighted by molar-refractivity contribution is 0.281. The smallest absolute Gasteiger partial charge is 0.262 e. The quantitative estimate of drug-likeness (QED) is 0.768. The number of halogens is 2. The van der Waals surface area contributed by atoms with Crippen LogP contribution in [0.15, 0.2) is 50.2 Å². The average molecular weight is 435 g/mol. The first-order valence-corrected chi connectivity index (χ1v) is 9.08. The van der Waals surface area contributed by atoms with Gasteiger partial charge in [-0.25, -0.2) is 8.42 Å². The van der Waals surface area contributed by atoms with Crippen molar-refractivity contribution in [3.05, 3.63) is 56.5 Å². The van der Waals surface area contributed by atoms with Crippen molar-refractivity contribution in [1.82, 2.24) is 0 Å². The summed E-state index contributed by atoms with van der Waals surface area (Å²) in [6.45, 7) is 1.49. The Balaban J connectivity index is 2.44. The predicted octanol–water partition coefficient (Wildman–Crippen LogP) is 3.81. The highest BCUT2D eigenvalue weighted by molar-refractivity contribution is 9.10. The van der Waals surface area contributed by atoms with E-state index in [0.29, 0.717) is 21.3 Å². The summed E-state index contributed by atoms with van der Waals surface area (Å²) >= 11 is 6.61. The van der Waals surface area contributed by atoms with Crippen molar-refractivity contribution >= 4 is 47.6 Å². The fourth-order valence-electron chi connectivity index (χ4n) is 1.81. The SMILES string of the molecule is Cc1c(Br)cc(CO)cc1S(=O)(=O)Nc1ccc(Br)cc1. The molecule has 0 fully saturated rings. The van der Waals surface area contributed by atoms with Crippen LogP contribution in [0, 0.1) is 6.92 Å². The second-order valence-electron chi connectivity index (χ2n) is 4.47. The summed E-state index contributed by atoms with van der Waals surface area (Å²) in [5, 5.41) is 9.22. The van der Waals surface area contributed by atoms with E-state index < -0.39 is 10.0 Å². The molecule has 2 aromatic carbocycles. The van der Waals surface area contributed by atoms with Crippen molar-refractivity contribution in [2.45, 2.75) is 18.4 Å². The molecular formula is C14H13Br2NO3S. The monoisotopic (exact) mass is 433 g/mol. The highest BCUT2D eigenvalue weighted by Gasteiger charge is 2.19. The van der Waals surface area contributed by atoms with Gasteiger partial charge in [0, 0.05) is 14.6 Å². The van der Waals surface area contributed by atoms with Crippen molar-refractivity contribution in [1.29, 1.82) is 0 Å². The van der Waals surface area contributed by atoms with Crippen molar-refractivity contribution in [2.75, 3.05) is 4.72 Å². The summed E-state index contributed by atoms with van der Waals surface area (Å²) in [4.78, 5) is 0.142. The zero-order valence-electron chi connectivity index (χ0n) is 11.1. The fraction of sp³-hybridized carbons (Fsp3) is 0.143. The minimum atomic E-state index is -3.72. The molecule has 21 heavy (non-hydrogen) atoms. The van der Waals surface area contributed by atoms with E-state index in [4.69, 9.17) is 0 Å². The van der Waals surface area contributed by atoms with Gasteiger partial charge in [-0.3, -0.25) is 4.72 Å². The molecule has 0 saturated heterocycles. The topological polar surface area (TPSA) is 66.4 Å². The van der Waals surface area contributed by atoms with Crippen molar-refractivity contribution in [3.8, 4) is 0 Å². The van der Waals surface area contributed by atoms with Crippen LogP contribution in [0.4, 0.5) is 5.69 Å². The molecule has 0 heterocycles. The highest BCUT2D eigenvalue weighted by Crippen LogP contribution is 2.27. The lowest BCUT2D eigenvalue weighted by atomic mass is 10.2. The van der Waals surface area contributed by atoms with Crippen LogP contribution in [0.5, 0.6) is 0 Å². The number of sulfonamides is 1. The lowest BCUT2D eigenvalue weighted by Gasteiger charge is -2.13. The summed E-state index contributed by atoms with van der Waals surface area (Å²) in [6.07, 6.45) is 0. The lowest BCUT2D eigenvalue weighted by Crippen LogP contribution is -2.15. The van der Waals surface area contributed by atoms with Gasteiger partial charge in [-0.15, -0.1) is 0 Å². The van der Waals surface area contributed by atoms with E-state index >= 15 is 0 Å². The van der Waals surface area contributed by atoms with Crippen LogP contribution in [0.2, 0.25) is 0 Å². The second kappa shape index (κ2) is 6.48. The predicted molar refractivity (Wildman–Crippen MR) is 89.8 cm³/mol. The number of hydrogen-bond donors (Lipinski definition) is 2. The average Bonchev–Trinajstić information content (AvgIpc) is 2.43. The first-order valence-electron chi connectivity index (χ1n) is 6.02. The molecule has 112 valence electrons. The summed E-state index contributed by atoms with van der Waals surface area (Å²) in [6, 6.07) is 10.0. The molecule has 0 unspecified atom stereocenters. The van der Waals surface area contributed by atoms with Crippen molar-refractivity contribution in [3.63, 3.8) is 0 Å². The normalized spacial score (nSPS) is 11.4. The molecule has 7 heteroatoms. The first kappa shape index (κ1) is 16.5. The van der Waals surface area contributed by atoms with Crippen molar-refractivity contribution < 1.29 is 13.5 Å². The maximum absolute atomic E-state index is 12.5. The van der Waals surface area contributed by atoms with Crippen molar-refractivity contribution in [2.24, 2.45) is 0 Å². The molecular weight excluding hydrogens is 422 g/mol. The number of anilines is 1. The van der Waals surface area contributed by atoms with Gasteiger partial charge in [-0.2, -0.15) is 0 Å². The second-order valence-corrected chi connectivity index (χ2v) is 7.89. The Morgan fingerprint density at radius 3 is 2.33 bits per heavy atom. The molecule has 0 atom stereocenters. The van der Waals surface area contributed by atoms with E-state index in [1.165, 1.54) is 6.07 Å². The molecule has 0 saturated carbocycles. The molecule has 2 rings (SSSR count). The largest absolute Gasteiger partial charge is 0.392 e.